The van der Waals surface area contributed by atoms with Crippen molar-refractivity contribution in [3.05, 3.63) is 106 Å². The minimum Gasteiger partial charge on any atom is -0.355 e. The summed E-state index contributed by atoms with van der Waals surface area (Å²) in [6.07, 6.45) is 4.22. The topological polar surface area (TPSA) is 24.1 Å². The van der Waals surface area contributed by atoms with Crippen LogP contribution in [0.25, 0.3) is 11.1 Å². The van der Waals surface area contributed by atoms with Gasteiger partial charge >= 0.3 is 0 Å². The second kappa shape index (κ2) is 7.58. The molecule has 31 heavy (non-hydrogen) atoms. The molecule has 0 saturated carbocycles. The van der Waals surface area contributed by atoms with Gasteiger partial charge in [-0.1, -0.05) is 46.3 Å². The molecule has 2 N–H and O–H groups in total. The van der Waals surface area contributed by atoms with Gasteiger partial charge in [-0.2, -0.15) is 0 Å². The van der Waals surface area contributed by atoms with Crippen molar-refractivity contribution in [1.29, 1.82) is 0 Å². The first-order valence-electron chi connectivity index (χ1n) is 10.9. The van der Waals surface area contributed by atoms with Crippen LogP contribution in [0.15, 0.2) is 83.3 Å². The maximum absolute atomic E-state index is 3.65. The quantitative estimate of drug-likeness (QED) is 0.298. The molecule has 0 unspecified atom stereocenters. The number of nitrogens with one attached hydrogen (secondary N) is 2. The molecule has 152 valence electrons. The van der Waals surface area contributed by atoms with Gasteiger partial charge in [0.2, 0.25) is 0 Å². The largest absolute Gasteiger partial charge is 0.355 e. The normalized spacial score (nSPS) is 14.0. The number of anilines is 4. The summed E-state index contributed by atoms with van der Waals surface area (Å²) in [5, 5.41) is 7.29. The Morgan fingerprint density at radius 3 is 1.61 bits per heavy atom. The van der Waals surface area contributed by atoms with Crippen molar-refractivity contribution in [1.82, 2.24) is 0 Å². The predicted molar refractivity (Wildman–Crippen MR) is 134 cm³/mol. The zero-order valence-electron chi connectivity index (χ0n) is 17.2. The zero-order valence-corrected chi connectivity index (χ0v) is 18.8. The molecule has 0 aromatic heterocycles. The summed E-state index contributed by atoms with van der Waals surface area (Å²) in [5.74, 6) is 0. The fourth-order valence-corrected chi connectivity index (χ4v) is 5.19. The van der Waals surface area contributed by atoms with Crippen molar-refractivity contribution in [3.63, 3.8) is 0 Å². The van der Waals surface area contributed by atoms with Crippen LogP contribution >= 0.6 is 15.9 Å². The van der Waals surface area contributed by atoms with Gasteiger partial charge in [0.25, 0.3) is 0 Å². The first-order chi connectivity index (χ1) is 15.2. The molecule has 4 aromatic rings. The Kier molecular flexibility index (Phi) is 4.57. The first-order valence-corrected chi connectivity index (χ1v) is 11.7. The van der Waals surface area contributed by atoms with E-state index in [1.165, 1.54) is 56.1 Å². The molecule has 2 nitrogen and oxygen atoms in total. The standard InChI is InChI=1S/C28H23BrN2/c29-24-11-14-28-23(17-24)8-7-22-16-20(10-13-27(22)31-28)19-9-12-26-21(15-19)6-5-18-3-1-2-4-25(18)30-26/h1-4,9-17,30-31H,5-8H2. The summed E-state index contributed by atoms with van der Waals surface area (Å²) in [6, 6.07) is 28.8. The third-order valence-corrected chi connectivity index (χ3v) is 6.99. The number of hydrogen-bond acceptors (Lipinski definition) is 2. The van der Waals surface area contributed by atoms with Crippen molar-refractivity contribution < 1.29 is 0 Å². The highest BCUT2D eigenvalue weighted by atomic mass is 79.9. The molecule has 0 aliphatic carbocycles. The van der Waals surface area contributed by atoms with E-state index in [9.17, 15) is 0 Å². The van der Waals surface area contributed by atoms with Gasteiger partial charge in [0.1, 0.15) is 0 Å². The van der Waals surface area contributed by atoms with Crippen LogP contribution in [-0.2, 0) is 25.7 Å². The van der Waals surface area contributed by atoms with Crippen molar-refractivity contribution in [3.8, 4) is 11.1 Å². The van der Waals surface area contributed by atoms with Gasteiger partial charge in [0.05, 0.1) is 0 Å². The summed E-state index contributed by atoms with van der Waals surface area (Å²) < 4.78 is 1.14. The summed E-state index contributed by atoms with van der Waals surface area (Å²) >= 11 is 3.61. The summed E-state index contributed by atoms with van der Waals surface area (Å²) in [7, 11) is 0. The molecule has 0 spiro atoms. The first kappa shape index (κ1) is 18.7. The highest BCUT2D eigenvalue weighted by molar-refractivity contribution is 9.10. The maximum Gasteiger partial charge on any atom is 0.0417 e. The third-order valence-electron chi connectivity index (χ3n) is 6.49. The molecular weight excluding hydrogens is 444 g/mol. The molecule has 4 aromatic carbocycles. The Morgan fingerprint density at radius 1 is 0.484 bits per heavy atom. The minimum atomic E-state index is 1.04. The maximum atomic E-state index is 3.65. The van der Waals surface area contributed by atoms with E-state index in [1.54, 1.807) is 0 Å². The van der Waals surface area contributed by atoms with Crippen LogP contribution in [-0.4, -0.2) is 0 Å². The monoisotopic (exact) mass is 466 g/mol. The molecule has 2 heterocycles. The lowest BCUT2D eigenvalue weighted by atomic mass is 9.96. The minimum absolute atomic E-state index is 1.04. The lowest BCUT2D eigenvalue weighted by Crippen LogP contribution is -1.95. The molecule has 3 heteroatoms. The van der Waals surface area contributed by atoms with Gasteiger partial charge in [-0.3, -0.25) is 0 Å². The molecule has 0 bridgehead atoms. The van der Waals surface area contributed by atoms with E-state index in [-0.39, 0.29) is 0 Å². The van der Waals surface area contributed by atoms with Crippen LogP contribution < -0.4 is 10.6 Å². The number of para-hydroxylation sites is 1. The number of benzene rings is 4. The lowest BCUT2D eigenvalue weighted by molar-refractivity contribution is 0.975. The number of hydrogen-bond donors (Lipinski definition) is 2. The molecule has 0 saturated heterocycles. The molecule has 6 rings (SSSR count). The van der Waals surface area contributed by atoms with Gasteiger partial charge in [-0.25, -0.2) is 0 Å². The zero-order chi connectivity index (χ0) is 20.8. The van der Waals surface area contributed by atoms with E-state index in [0.29, 0.717) is 0 Å². The number of rotatable bonds is 1. The van der Waals surface area contributed by atoms with E-state index >= 15 is 0 Å². The highest BCUT2D eigenvalue weighted by Crippen LogP contribution is 2.36. The van der Waals surface area contributed by atoms with Crippen LogP contribution in [0.2, 0.25) is 0 Å². The number of fused-ring (bicyclic) bond motifs is 4. The Balaban J connectivity index is 1.32. The lowest BCUT2D eigenvalue weighted by Gasteiger charge is -2.14. The molecule has 0 amide bonds. The van der Waals surface area contributed by atoms with Crippen molar-refractivity contribution in [2.75, 3.05) is 10.6 Å². The highest BCUT2D eigenvalue weighted by Gasteiger charge is 2.16. The van der Waals surface area contributed by atoms with Gasteiger partial charge in [0.15, 0.2) is 0 Å². The second-order valence-electron chi connectivity index (χ2n) is 8.45. The van der Waals surface area contributed by atoms with Gasteiger partial charge in [-0.15, -0.1) is 0 Å². The van der Waals surface area contributed by atoms with Gasteiger partial charge < -0.3 is 10.6 Å². The van der Waals surface area contributed by atoms with Crippen LogP contribution in [0.4, 0.5) is 22.7 Å². The molecule has 0 atom stereocenters. The van der Waals surface area contributed by atoms with E-state index in [0.717, 1.165) is 30.2 Å². The molecule has 0 fully saturated rings. The third kappa shape index (κ3) is 3.53. The molecule has 2 aliphatic heterocycles. The summed E-state index contributed by atoms with van der Waals surface area (Å²) in [5.41, 5.74) is 13.0. The SMILES string of the molecule is Brc1ccc2c(c1)CCc1cc(-c3ccc4c(c3)CCc3ccccc3N4)ccc1N2. The second-order valence-corrected chi connectivity index (χ2v) is 9.37. The Hall–Kier alpha value is -3.04. The van der Waals surface area contributed by atoms with Crippen molar-refractivity contribution >= 4 is 38.7 Å². The summed E-state index contributed by atoms with van der Waals surface area (Å²) in [4.78, 5) is 0. The Bertz CT molecular complexity index is 1310. The molecule has 2 aliphatic rings. The van der Waals surface area contributed by atoms with Crippen molar-refractivity contribution in [2.24, 2.45) is 0 Å². The molecular formula is C28H23BrN2. The van der Waals surface area contributed by atoms with Crippen molar-refractivity contribution in [2.45, 2.75) is 25.7 Å². The Labute approximate surface area is 191 Å². The average molecular weight is 467 g/mol. The van der Waals surface area contributed by atoms with Gasteiger partial charge in [-0.05, 0) is 108 Å². The van der Waals surface area contributed by atoms with Crippen LogP contribution in [0.1, 0.15) is 22.3 Å². The van der Waals surface area contributed by atoms with E-state index in [2.05, 4.69) is 105 Å². The van der Waals surface area contributed by atoms with Crippen LogP contribution in [0.5, 0.6) is 0 Å². The van der Waals surface area contributed by atoms with Crippen LogP contribution in [0.3, 0.4) is 0 Å². The Morgan fingerprint density at radius 2 is 0.968 bits per heavy atom. The van der Waals surface area contributed by atoms with Gasteiger partial charge in [0, 0.05) is 27.2 Å². The fraction of sp³-hybridized carbons (Fsp3) is 0.143. The summed E-state index contributed by atoms with van der Waals surface area (Å²) in [6.45, 7) is 0. The number of aryl methyl sites for hydroxylation is 4. The predicted octanol–water partition coefficient (Wildman–Crippen LogP) is 7.80. The van der Waals surface area contributed by atoms with Crippen LogP contribution in [0, 0.1) is 0 Å². The smallest absolute Gasteiger partial charge is 0.0417 e. The molecule has 0 radical (unpaired) electrons. The fourth-order valence-electron chi connectivity index (χ4n) is 4.78. The average Bonchev–Trinajstić information content (AvgIpc) is 3.09. The van der Waals surface area contributed by atoms with E-state index in [1.807, 2.05) is 0 Å². The number of halogens is 1. The van der Waals surface area contributed by atoms with E-state index in [4.69, 9.17) is 0 Å². The van der Waals surface area contributed by atoms with E-state index < -0.39 is 0 Å².